The van der Waals surface area contributed by atoms with E-state index in [1.807, 2.05) is 60.7 Å². The van der Waals surface area contributed by atoms with Crippen LogP contribution in [-0.4, -0.2) is 35.9 Å². The van der Waals surface area contributed by atoms with Crippen molar-refractivity contribution in [3.05, 3.63) is 125 Å². The van der Waals surface area contributed by atoms with Crippen molar-refractivity contribution in [3.8, 4) is 11.5 Å². The average molecular weight is 544 g/mol. The first-order valence-electron chi connectivity index (χ1n) is 12.4. The summed E-state index contributed by atoms with van der Waals surface area (Å²) in [5, 5.41) is 3.59. The van der Waals surface area contributed by atoms with Gasteiger partial charge < -0.3 is 19.7 Å². The molecule has 200 valence electrons. The van der Waals surface area contributed by atoms with Crippen LogP contribution in [0.5, 0.6) is 11.5 Å². The number of rotatable bonds is 11. The monoisotopic (exact) mass is 543 g/mol. The van der Waals surface area contributed by atoms with Crippen LogP contribution in [0.15, 0.2) is 97.3 Å². The van der Waals surface area contributed by atoms with Gasteiger partial charge in [0.2, 0.25) is 11.8 Å². The first-order chi connectivity index (χ1) is 19.0. The molecule has 8 heteroatoms. The predicted molar refractivity (Wildman–Crippen MR) is 151 cm³/mol. The minimum absolute atomic E-state index is 0.0627. The van der Waals surface area contributed by atoms with Gasteiger partial charge in [0, 0.05) is 30.5 Å². The molecule has 4 rings (SSSR count). The Labute approximate surface area is 233 Å². The SMILES string of the molecule is COc1ccc(CC(=O)N(Cc2ccc(Cl)cc2)[C@H](C(=O)NCc2cccnc2)c2ccccc2)cc1OC. The van der Waals surface area contributed by atoms with Gasteiger partial charge in [-0.2, -0.15) is 0 Å². The summed E-state index contributed by atoms with van der Waals surface area (Å²) < 4.78 is 10.8. The van der Waals surface area contributed by atoms with E-state index in [0.29, 0.717) is 22.1 Å². The summed E-state index contributed by atoms with van der Waals surface area (Å²) in [6.07, 6.45) is 3.44. The van der Waals surface area contributed by atoms with Gasteiger partial charge in [-0.3, -0.25) is 14.6 Å². The lowest BCUT2D eigenvalue weighted by atomic mass is 10.0. The zero-order chi connectivity index (χ0) is 27.6. The summed E-state index contributed by atoms with van der Waals surface area (Å²) in [4.78, 5) is 33.5. The van der Waals surface area contributed by atoms with Crippen molar-refractivity contribution >= 4 is 23.4 Å². The number of nitrogens with zero attached hydrogens (tertiary/aromatic N) is 2. The van der Waals surface area contributed by atoms with E-state index < -0.39 is 6.04 Å². The molecular weight excluding hydrogens is 514 g/mol. The minimum atomic E-state index is -0.869. The van der Waals surface area contributed by atoms with Gasteiger partial charge in [-0.05, 0) is 52.6 Å². The highest BCUT2D eigenvalue weighted by Gasteiger charge is 2.31. The lowest BCUT2D eigenvalue weighted by molar-refractivity contribution is -0.141. The fourth-order valence-corrected chi connectivity index (χ4v) is 4.40. The Kier molecular flexibility index (Phi) is 9.53. The molecule has 39 heavy (non-hydrogen) atoms. The maximum atomic E-state index is 14.0. The van der Waals surface area contributed by atoms with Crippen LogP contribution in [0.25, 0.3) is 0 Å². The molecule has 0 fully saturated rings. The zero-order valence-electron chi connectivity index (χ0n) is 21.8. The fraction of sp³-hybridized carbons (Fsp3) is 0.194. The number of carbonyl (C=O) groups is 2. The number of amides is 2. The van der Waals surface area contributed by atoms with Crippen molar-refractivity contribution in [2.45, 2.75) is 25.6 Å². The fourth-order valence-electron chi connectivity index (χ4n) is 4.27. The first kappa shape index (κ1) is 27.7. The number of aromatic nitrogens is 1. The van der Waals surface area contributed by atoms with Gasteiger partial charge in [-0.15, -0.1) is 0 Å². The predicted octanol–water partition coefficient (Wildman–Crippen LogP) is 5.38. The standard InChI is InChI=1S/C31H30ClN3O4/c1-38-27-15-12-23(17-28(27)39-2)18-29(36)35(21-22-10-13-26(32)14-11-22)30(25-8-4-3-5-9-25)31(37)34-20-24-7-6-16-33-19-24/h3-17,19,30H,18,20-21H2,1-2H3,(H,34,37)/t30-/m0/s1. The molecule has 0 aliphatic heterocycles. The molecule has 0 unspecified atom stereocenters. The molecule has 2 amide bonds. The highest BCUT2D eigenvalue weighted by Crippen LogP contribution is 2.29. The zero-order valence-corrected chi connectivity index (χ0v) is 22.6. The van der Waals surface area contributed by atoms with Crippen molar-refractivity contribution in [3.63, 3.8) is 0 Å². The van der Waals surface area contributed by atoms with Crippen LogP contribution >= 0.6 is 11.6 Å². The lowest BCUT2D eigenvalue weighted by Crippen LogP contribution is -2.43. The third-order valence-corrected chi connectivity index (χ3v) is 6.51. The van der Waals surface area contributed by atoms with Gasteiger partial charge in [0.15, 0.2) is 11.5 Å². The number of ether oxygens (including phenoxy) is 2. The van der Waals surface area contributed by atoms with E-state index in [9.17, 15) is 9.59 Å². The number of methoxy groups -OCH3 is 2. The number of pyridine rings is 1. The summed E-state index contributed by atoms with van der Waals surface area (Å²) in [5.41, 5.74) is 3.15. The van der Waals surface area contributed by atoms with E-state index >= 15 is 0 Å². The molecule has 4 aromatic rings. The number of carbonyl (C=O) groups excluding carboxylic acids is 2. The molecule has 1 aromatic heterocycles. The van der Waals surface area contributed by atoms with Crippen LogP contribution in [-0.2, 0) is 29.1 Å². The van der Waals surface area contributed by atoms with E-state index in [4.69, 9.17) is 21.1 Å². The second-order valence-corrected chi connectivity index (χ2v) is 9.34. The third-order valence-electron chi connectivity index (χ3n) is 6.25. The highest BCUT2D eigenvalue weighted by molar-refractivity contribution is 6.30. The number of hydrogen-bond donors (Lipinski definition) is 1. The third kappa shape index (κ3) is 7.36. The van der Waals surface area contributed by atoms with E-state index in [0.717, 1.165) is 16.7 Å². The van der Waals surface area contributed by atoms with Crippen LogP contribution in [0, 0.1) is 0 Å². The molecule has 1 N–H and O–H groups in total. The topological polar surface area (TPSA) is 80.8 Å². The molecule has 1 heterocycles. The van der Waals surface area contributed by atoms with E-state index in [1.165, 1.54) is 0 Å². The normalized spacial score (nSPS) is 11.4. The summed E-state index contributed by atoms with van der Waals surface area (Å²) in [6.45, 7) is 0.498. The second-order valence-electron chi connectivity index (χ2n) is 8.91. The number of nitrogens with one attached hydrogen (secondary N) is 1. The van der Waals surface area contributed by atoms with Gasteiger partial charge in [0.1, 0.15) is 6.04 Å². The maximum absolute atomic E-state index is 14.0. The Morgan fingerprint density at radius 3 is 2.26 bits per heavy atom. The summed E-state index contributed by atoms with van der Waals surface area (Å²) >= 11 is 6.11. The van der Waals surface area contributed by atoms with Gasteiger partial charge in [0.25, 0.3) is 0 Å². The molecule has 7 nitrogen and oxygen atoms in total. The molecule has 0 radical (unpaired) electrons. The number of hydrogen-bond acceptors (Lipinski definition) is 5. The van der Waals surface area contributed by atoms with Crippen LogP contribution in [0.3, 0.4) is 0 Å². The van der Waals surface area contributed by atoms with Crippen molar-refractivity contribution in [1.29, 1.82) is 0 Å². The summed E-state index contributed by atoms with van der Waals surface area (Å²) in [6, 6.07) is 24.7. The second kappa shape index (κ2) is 13.4. The van der Waals surface area contributed by atoms with Crippen molar-refractivity contribution in [2.75, 3.05) is 14.2 Å². The molecule has 0 aliphatic carbocycles. The van der Waals surface area contributed by atoms with Crippen LogP contribution in [0.4, 0.5) is 0 Å². The minimum Gasteiger partial charge on any atom is -0.493 e. The Balaban J connectivity index is 1.68. The summed E-state index contributed by atoms with van der Waals surface area (Å²) in [5.74, 6) is 0.590. The van der Waals surface area contributed by atoms with Crippen molar-refractivity contribution in [1.82, 2.24) is 15.2 Å². The first-order valence-corrected chi connectivity index (χ1v) is 12.8. The number of halogens is 1. The van der Waals surface area contributed by atoms with E-state index in [2.05, 4.69) is 10.3 Å². The van der Waals surface area contributed by atoms with Crippen LogP contribution < -0.4 is 14.8 Å². The lowest BCUT2D eigenvalue weighted by Gasteiger charge is -2.32. The maximum Gasteiger partial charge on any atom is 0.247 e. The molecule has 1 atom stereocenters. The molecule has 0 spiro atoms. The molecule has 0 aliphatic rings. The Bertz CT molecular complexity index is 1380. The summed E-state index contributed by atoms with van der Waals surface area (Å²) in [7, 11) is 3.11. The number of benzene rings is 3. The largest absolute Gasteiger partial charge is 0.493 e. The molecule has 0 bridgehead atoms. The van der Waals surface area contributed by atoms with E-state index in [-0.39, 0.29) is 31.3 Å². The molecule has 3 aromatic carbocycles. The van der Waals surface area contributed by atoms with Gasteiger partial charge in [-0.25, -0.2) is 0 Å². The molecular formula is C31H30ClN3O4. The Morgan fingerprint density at radius 2 is 1.59 bits per heavy atom. The highest BCUT2D eigenvalue weighted by atomic mass is 35.5. The van der Waals surface area contributed by atoms with Crippen molar-refractivity contribution in [2.24, 2.45) is 0 Å². The van der Waals surface area contributed by atoms with Gasteiger partial charge in [0.05, 0.1) is 20.6 Å². The smallest absolute Gasteiger partial charge is 0.247 e. The Hall–Kier alpha value is -4.36. The quantitative estimate of drug-likeness (QED) is 0.275. The van der Waals surface area contributed by atoms with Crippen molar-refractivity contribution < 1.29 is 19.1 Å². The van der Waals surface area contributed by atoms with Gasteiger partial charge >= 0.3 is 0 Å². The Morgan fingerprint density at radius 1 is 0.872 bits per heavy atom. The molecule has 0 saturated carbocycles. The molecule has 0 saturated heterocycles. The van der Waals surface area contributed by atoms with Gasteiger partial charge in [-0.1, -0.05) is 66.2 Å². The van der Waals surface area contributed by atoms with E-state index in [1.54, 1.807) is 55.8 Å². The van der Waals surface area contributed by atoms with Crippen LogP contribution in [0.1, 0.15) is 28.3 Å². The average Bonchev–Trinajstić information content (AvgIpc) is 2.97. The van der Waals surface area contributed by atoms with Crippen LogP contribution in [0.2, 0.25) is 5.02 Å².